The molecule has 1 heterocycles. The zero-order valence-electron chi connectivity index (χ0n) is 22.3. The van der Waals surface area contributed by atoms with E-state index in [2.05, 4.69) is 15.9 Å². The molecule has 0 unspecified atom stereocenters. The van der Waals surface area contributed by atoms with Crippen molar-refractivity contribution in [2.24, 2.45) is 5.10 Å². The molecule has 1 N–H and O–H groups in total. The number of hydrogen-bond donors (Lipinski definition) is 1. The first-order valence-electron chi connectivity index (χ1n) is 13.7. The summed E-state index contributed by atoms with van der Waals surface area (Å²) in [6, 6.07) is 24.0. The number of aromatic nitrogens is 2. The van der Waals surface area contributed by atoms with Crippen LogP contribution in [0.3, 0.4) is 0 Å². The number of nitrogens with zero attached hydrogens (tertiary/aromatic N) is 3. The predicted molar refractivity (Wildman–Crippen MR) is 164 cm³/mol. The summed E-state index contributed by atoms with van der Waals surface area (Å²) in [5.41, 5.74) is 2.13. The van der Waals surface area contributed by atoms with E-state index < -0.39 is 5.97 Å². The fourth-order valence-corrected chi connectivity index (χ4v) is 5.87. The summed E-state index contributed by atoms with van der Waals surface area (Å²) in [5, 5.41) is 16.6. The number of halogens is 1. The topological polar surface area (TPSA) is 93.8 Å². The Balaban J connectivity index is 1.45. The third-order valence-corrected chi connectivity index (χ3v) is 8.10. The minimum atomic E-state index is -0.986. The Morgan fingerprint density at radius 3 is 2.66 bits per heavy atom. The van der Waals surface area contributed by atoms with Gasteiger partial charge in [-0.3, -0.25) is 4.79 Å². The lowest BCUT2D eigenvalue weighted by molar-refractivity contribution is 0.0696. The summed E-state index contributed by atoms with van der Waals surface area (Å²) in [6.45, 7) is 0.180. The molecular formula is C33H28BrN3O4. The molecule has 6 rings (SSSR count). The van der Waals surface area contributed by atoms with Gasteiger partial charge in [-0.05, 0) is 65.6 Å². The molecule has 1 saturated carbocycles. The lowest BCUT2D eigenvalue weighted by Gasteiger charge is -2.23. The van der Waals surface area contributed by atoms with Gasteiger partial charge in [0.05, 0.1) is 22.7 Å². The summed E-state index contributed by atoms with van der Waals surface area (Å²) in [7, 11) is 0. The smallest absolute Gasteiger partial charge is 0.335 e. The van der Waals surface area contributed by atoms with Crippen molar-refractivity contribution in [3.8, 4) is 5.75 Å². The molecule has 0 radical (unpaired) electrons. The SMILES string of the molecule is O=C(O)c1cccc(COc2ccc3ccccc3c2C=Nn2c(C3CCCCC3)nc3ccc(Br)cc3c2=O)c1. The average Bonchev–Trinajstić information content (AvgIpc) is 3.00. The largest absolute Gasteiger partial charge is 0.488 e. The number of ether oxygens (including phenoxy) is 1. The molecular weight excluding hydrogens is 582 g/mol. The Bertz CT molecular complexity index is 1860. The number of benzene rings is 4. The second-order valence-electron chi connectivity index (χ2n) is 10.3. The van der Waals surface area contributed by atoms with Gasteiger partial charge in [0.25, 0.3) is 5.56 Å². The van der Waals surface area contributed by atoms with Crippen LogP contribution in [0.5, 0.6) is 5.75 Å². The molecule has 41 heavy (non-hydrogen) atoms. The maximum Gasteiger partial charge on any atom is 0.335 e. The monoisotopic (exact) mass is 609 g/mol. The van der Waals surface area contributed by atoms with E-state index in [0.717, 1.165) is 52.1 Å². The lowest BCUT2D eigenvalue weighted by Crippen LogP contribution is -2.25. The van der Waals surface area contributed by atoms with Crippen molar-refractivity contribution >= 4 is 49.8 Å². The maximum absolute atomic E-state index is 13.8. The molecule has 0 bridgehead atoms. The number of aromatic carboxylic acids is 1. The van der Waals surface area contributed by atoms with Gasteiger partial charge < -0.3 is 9.84 Å². The Hall–Kier alpha value is -4.30. The summed E-state index contributed by atoms with van der Waals surface area (Å²) in [6.07, 6.45) is 7.03. The summed E-state index contributed by atoms with van der Waals surface area (Å²) in [5.74, 6) is 0.443. The van der Waals surface area contributed by atoms with E-state index in [4.69, 9.17) is 14.8 Å². The van der Waals surface area contributed by atoms with E-state index in [-0.39, 0.29) is 23.6 Å². The molecule has 0 atom stereocenters. The second-order valence-corrected chi connectivity index (χ2v) is 11.2. The Morgan fingerprint density at radius 2 is 1.83 bits per heavy atom. The highest BCUT2D eigenvalue weighted by Gasteiger charge is 2.23. The van der Waals surface area contributed by atoms with Crippen LogP contribution >= 0.6 is 15.9 Å². The summed E-state index contributed by atoms with van der Waals surface area (Å²) in [4.78, 5) is 30.2. The van der Waals surface area contributed by atoms with E-state index in [1.165, 1.54) is 11.1 Å². The molecule has 0 spiro atoms. The highest BCUT2D eigenvalue weighted by atomic mass is 79.9. The van der Waals surface area contributed by atoms with Gasteiger partial charge in [-0.2, -0.15) is 9.78 Å². The molecule has 0 aliphatic heterocycles. The fraction of sp³-hybridized carbons (Fsp3) is 0.212. The van der Waals surface area contributed by atoms with E-state index in [9.17, 15) is 14.7 Å². The first-order valence-corrected chi connectivity index (χ1v) is 14.5. The van der Waals surface area contributed by atoms with Gasteiger partial charge in [0, 0.05) is 16.0 Å². The van der Waals surface area contributed by atoms with Crippen LogP contribution < -0.4 is 10.3 Å². The fourth-order valence-electron chi connectivity index (χ4n) is 5.51. The van der Waals surface area contributed by atoms with E-state index in [1.54, 1.807) is 30.5 Å². The van der Waals surface area contributed by atoms with E-state index >= 15 is 0 Å². The molecule has 0 amide bonds. The molecule has 1 aromatic heterocycles. The van der Waals surface area contributed by atoms with Crippen LogP contribution in [0.25, 0.3) is 21.7 Å². The van der Waals surface area contributed by atoms with Gasteiger partial charge in [-0.1, -0.05) is 77.7 Å². The van der Waals surface area contributed by atoms with Gasteiger partial charge in [-0.15, -0.1) is 0 Å². The average molecular weight is 611 g/mol. The van der Waals surface area contributed by atoms with Crippen molar-refractivity contribution in [2.75, 3.05) is 0 Å². The van der Waals surface area contributed by atoms with Crippen LogP contribution in [-0.4, -0.2) is 27.0 Å². The van der Waals surface area contributed by atoms with Crippen LogP contribution in [0.1, 0.15) is 65.3 Å². The van der Waals surface area contributed by atoms with Gasteiger partial charge >= 0.3 is 5.97 Å². The Labute approximate surface area is 245 Å². The number of rotatable bonds is 7. The molecule has 206 valence electrons. The van der Waals surface area contributed by atoms with Gasteiger partial charge in [-0.25, -0.2) is 9.78 Å². The second kappa shape index (κ2) is 11.7. The van der Waals surface area contributed by atoms with Gasteiger partial charge in [0.15, 0.2) is 0 Å². The number of carbonyl (C=O) groups is 1. The highest BCUT2D eigenvalue weighted by Crippen LogP contribution is 2.32. The Kier molecular flexibility index (Phi) is 7.65. The van der Waals surface area contributed by atoms with Gasteiger partial charge in [0.2, 0.25) is 0 Å². The quantitative estimate of drug-likeness (QED) is 0.193. The zero-order chi connectivity index (χ0) is 28.3. The molecule has 0 saturated heterocycles. The molecule has 1 fully saturated rings. The first kappa shape index (κ1) is 26.9. The molecule has 8 heteroatoms. The van der Waals surface area contributed by atoms with Crippen molar-refractivity contribution in [1.29, 1.82) is 0 Å². The van der Waals surface area contributed by atoms with Crippen molar-refractivity contribution in [3.63, 3.8) is 0 Å². The zero-order valence-corrected chi connectivity index (χ0v) is 23.9. The van der Waals surface area contributed by atoms with Gasteiger partial charge in [0.1, 0.15) is 18.2 Å². The number of carboxylic acid groups (broad SMARTS) is 1. The molecule has 4 aromatic carbocycles. The lowest BCUT2D eigenvalue weighted by atomic mass is 9.88. The standard InChI is InChI=1S/C33H28BrN3O4/c34-25-14-15-29-27(18-25)32(38)37(31(36-29)23-9-2-1-3-10-23)35-19-28-26-12-5-4-8-22(26)13-16-30(28)41-20-21-7-6-11-24(17-21)33(39)40/h4-8,11-19,23H,1-3,9-10,20H2,(H,39,40). The predicted octanol–water partition coefficient (Wildman–Crippen LogP) is 7.52. The first-order chi connectivity index (χ1) is 20.0. The van der Waals surface area contributed by atoms with Crippen molar-refractivity contribution < 1.29 is 14.6 Å². The Morgan fingerprint density at radius 1 is 1.00 bits per heavy atom. The minimum absolute atomic E-state index is 0.159. The van der Waals surface area contributed by atoms with Crippen LogP contribution in [0.15, 0.2) is 93.2 Å². The van der Waals surface area contributed by atoms with Crippen LogP contribution in [0.4, 0.5) is 0 Å². The highest BCUT2D eigenvalue weighted by molar-refractivity contribution is 9.10. The molecule has 7 nitrogen and oxygen atoms in total. The third-order valence-electron chi connectivity index (χ3n) is 7.60. The normalized spacial score (nSPS) is 14.2. The van der Waals surface area contributed by atoms with Crippen LogP contribution in [0.2, 0.25) is 0 Å². The molecule has 1 aliphatic carbocycles. The van der Waals surface area contributed by atoms with Crippen molar-refractivity contribution in [1.82, 2.24) is 9.66 Å². The number of fused-ring (bicyclic) bond motifs is 2. The summed E-state index contributed by atoms with van der Waals surface area (Å²) >= 11 is 3.48. The molecule has 5 aromatic rings. The molecule has 1 aliphatic rings. The van der Waals surface area contributed by atoms with Crippen LogP contribution in [-0.2, 0) is 6.61 Å². The maximum atomic E-state index is 13.8. The van der Waals surface area contributed by atoms with E-state index in [1.807, 2.05) is 54.6 Å². The number of carboxylic acids is 1. The summed E-state index contributed by atoms with van der Waals surface area (Å²) < 4.78 is 8.50. The third kappa shape index (κ3) is 5.65. The number of hydrogen-bond acceptors (Lipinski definition) is 5. The van der Waals surface area contributed by atoms with Crippen molar-refractivity contribution in [3.05, 3.63) is 116 Å². The van der Waals surface area contributed by atoms with Crippen LogP contribution in [0, 0.1) is 0 Å². The van der Waals surface area contributed by atoms with Crippen molar-refractivity contribution in [2.45, 2.75) is 44.6 Å². The van der Waals surface area contributed by atoms with E-state index in [0.29, 0.717) is 22.5 Å². The minimum Gasteiger partial charge on any atom is -0.488 e.